The number of anilines is 2. The van der Waals surface area contributed by atoms with Gasteiger partial charge in [0.15, 0.2) is 17.5 Å². The van der Waals surface area contributed by atoms with Crippen molar-refractivity contribution >= 4 is 17.5 Å². The lowest BCUT2D eigenvalue weighted by molar-refractivity contribution is 0.355. The fourth-order valence-electron chi connectivity index (χ4n) is 3.09. The monoisotopic (exact) mass is 419 g/mol. The second-order valence-corrected chi connectivity index (χ2v) is 6.63. The lowest BCUT2D eigenvalue weighted by atomic mass is 10.1. The van der Waals surface area contributed by atoms with Crippen molar-refractivity contribution in [3.05, 3.63) is 59.8 Å². The molecule has 0 aliphatic heterocycles. The highest BCUT2D eigenvalue weighted by Gasteiger charge is 2.16. The molecule has 0 radical (unpaired) electrons. The molecule has 31 heavy (non-hydrogen) atoms. The number of rotatable bonds is 8. The summed E-state index contributed by atoms with van der Waals surface area (Å²) in [6, 6.07) is 17.0. The summed E-state index contributed by atoms with van der Waals surface area (Å²) in [6.07, 6.45) is 1.22. The number of nitrogens with zero attached hydrogens (tertiary/aromatic N) is 4. The van der Waals surface area contributed by atoms with Crippen LogP contribution in [0.15, 0.2) is 53.5 Å². The van der Waals surface area contributed by atoms with E-state index in [2.05, 4.69) is 21.5 Å². The summed E-state index contributed by atoms with van der Waals surface area (Å²) in [5.41, 5.74) is 14.7. The molecule has 0 fully saturated rings. The maximum Gasteiger partial charge on any atom is 0.193 e. The molecule has 1 heterocycles. The Hall–Kier alpha value is -4.19. The van der Waals surface area contributed by atoms with Crippen molar-refractivity contribution in [3.63, 3.8) is 0 Å². The molecule has 0 aliphatic carbocycles. The minimum Gasteiger partial charge on any atom is -0.493 e. The number of benzene rings is 2. The van der Waals surface area contributed by atoms with Gasteiger partial charge in [-0.05, 0) is 37.1 Å². The van der Waals surface area contributed by atoms with Gasteiger partial charge in [0.2, 0.25) is 0 Å². The topological polar surface area (TPSA) is 136 Å². The Morgan fingerprint density at radius 2 is 1.90 bits per heavy atom. The van der Waals surface area contributed by atoms with Gasteiger partial charge in [0, 0.05) is 18.3 Å². The predicted octanol–water partition coefficient (Wildman–Crippen LogP) is 2.70. The molecule has 5 N–H and O–H groups in total. The number of aliphatic imine (C=N–C) groups is 1. The zero-order chi connectivity index (χ0) is 22.2. The summed E-state index contributed by atoms with van der Waals surface area (Å²) in [6.45, 7) is 0.467. The van der Waals surface area contributed by atoms with E-state index < -0.39 is 0 Å². The van der Waals surface area contributed by atoms with Crippen LogP contribution in [0, 0.1) is 11.3 Å². The number of ether oxygens (including phenoxy) is 2. The van der Waals surface area contributed by atoms with E-state index in [9.17, 15) is 5.26 Å². The van der Waals surface area contributed by atoms with Crippen LogP contribution in [0.5, 0.6) is 11.5 Å². The van der Waals surface area contributed by atoms with Gasteiger partial charge < -0.3 is 26.3 Å². The van der Waals surface area contributed by atoms with Crippen LogP contribution in [-0.4, -0.2) is 36.5 Å². The van der Waals surface area contributed by atoms with Gasteiger partial charge in [-0.1, -0.05) is 18.2 Å². The van der Waals surface area contributed by atoms with E-state index in [4.69, 9.17) is 20.9 Å². The number of nitrogens with two attached hydrogens (primary N) is 2. The standard InChI is InChI=1S/C22H25N7O2/c1-30-19-11-10-15(13-20(19)31-2)27-22(25)26-12-6-9-18-17(14-23)21(24)29(28-18)16-7-4-3-5-8-16/h3-5,7-8,10-11,13H,6,9,12,24H2,1-2H3,(H3,25,26,27). The first kappa shape index (κ1) is 21.5. The number of hydrogen-bond acceptors (Lipinski definition) is 6. The number of nitriles is 1. The molecule has 0 unspecified atom stereocenters. The van der Waals surface area contributed by atoms with E-state index in [1.807, 2.05) is 36.4 Å². The normalized spacial score (nSPS) is 11.1. The van der Waals surface area contributed by atoms with Crippen LogP contribution in [0.4, 0.5) is 11.5 Å². The zero-order valence-corrected chi connectivity index (χ0v) is 17.5. The summed E-state index contributed by atoms with van der Waals surface area (Å²) >= 11 is 0. The number of nitrogens with one attached hydrogen (secondary N) is 1. The van der Waals surface area contributed by atoms with Gasteiger partial charge in [-0.2, -0.15) is 10.4 Å². The fraction of sp³-hybridized carbons (Fsp3) is 0.227. The van der Waals surface area contributed by atoms with Crippen molar-refractivity contribution in [1.29, 1.82) is 5.26 Å². The third-order valence-electron chi connectivity index (χ3n) is 4.62. The molecule has 9 nitrogen and oxygen atoms in total. The average molecular weight is 419 g/mol. The first-order valence-corrected chi connectivity index (χ1v) is 9.69. The molecule has 0 bridgehead atoms. The van der Waals surface area contributed by atoms with Gasteiger partial charge in [0.05, 0.1) is 25.6 Å². The molecule has 0 spiro atoms. The van der Waals surface area contributed by atoms with Crippen LogP contribution in [0.3, 0.4) is 0 Å². The van der Waals surface area contributed by atoms with E-state index in [1.54, 1.807) is 31.0 Å². The van der Waals surface area contributed by atoms with Gasteiger partial charge in [-0.25, -0.2) is 4.68 Å². The zero-order valence-electron chi connectivity index (χ0n) is 17.5. The Morgan fingerprint density at radius 3 is 2.58 bits per heavy atom. The molecule has 9 heteroatoms. The molecule has 160 valence electrons. The number of nitrogen functional groups attached to an aromatic ring is 1. The molecular formula is C22H25N7O2. The molecule has 0 saturated heterocycles. The van der Waals surface area contributed by atoms with Crippen LogP contribution in [-0.2, 0) is 6.42 Å². The number of aromatic nitrogens is 2. The third-order valence-corrected chi connectivity index (χ3v) is 4.62. The van der Waals surface area contributed by atoms with E-state index in [1.165, 1.54) is 0 Å². The van der Waals surface area contributed by atoms with E-state index >= 15 is 0 Å². The lowest BCUT2D eigenvalue weighted by Crippen LogP contribution is -2.23. The number of para-hydroxylation sites is 1. The van der Waals surface area contributed by atoms with Crippen molar-refractivity contribution in [2.24, 2.45) is 10.7 Å². The minimum absolute atomic E-state index is 0.280. The lowest BCUT2D eigenvalue weighted by Gasteiger charge is -2.10. The molecule has 3 rings (SSSR count). The Labute approximate surface area is 180 Å². The Balaban J connectivity index is 1.61. The maximum absolute atomic E-state index is 9.49. The quantitative estimate of drug-likeness (QED) is 0.290. The van der Waals surface area contributed by atoms with Crippen molar-refractivity contribution in [3.8, 4) is 23.3 Å². The number of hydrogen-bond donors (Lipinski definition) is 3. The van der Waals surface area contributed by atoms with E-state index in [-0.39, 0.29) is 5.96 Å². The fourth-order valence-corrected chi connectivity index (χ4v) is 3.09. The van der Waals surface area contributed by atoms with Gasteiger partial charge in [-0.15, -0.1) is 0 Å². The van der Waals surface area contributed by atoms with Gasteiger partial charge >= 0.3 is 0 Å². The SMILES string of the molecule is COc1ccc(NC(N)=NCCCc2nn(-c3ccccc3)c(N)c2C#N)cc1OC. The van der Waals surface area contributed by atoms with Crippen molar-refractivity contribution < 1.29 is 9.47 Å². The van der Waals surface area contributed by atoms with Crippen LogP contribution >= 0.6 is 0 Å². The Morgan fingerprint density at radius 1 is 1.16 bits per heavy atom. The highest BCUT2D eigenvalue weighted by atomic mass is 16.5. The molecule has 0 amide bonds. The van der Waals surface area contributed by atoms with Crippen LogP contribution < -0.4 is 26.3 Å². The summed E-state index contributed by atoms with van der Waals surface area (Å²) in [7, 11) is 3.15. The first-order valence-electron chi connectivity index (χ1n) is 9.69. The minimum atomic E-state index is 0.280. The highest BCUT2D eigenvalue weighted by Crippen LogP contribution is 2.29. The molecule has 2 aromatic carbocycles. The average Bonchev–Trinajstić information content (AvgIpc) is 3.12. The highest BCUT2D eigenvalue weighted by molar-refractivity contribution is 5.92. The van der Waals surface area contributed by atoms with E-state index in [0.717, 1.165) is 11.4 Å². The third kappa shape index (κ3) is 5.05. The van der Waals surface area contributed by atoms with Gasteiger partial charge in [-0.3, -0.25) is 4.99 Å². The van der Waals surface area contributed by atoms with Crippen LogP contribution in [0.2, 0.25) is 0 Å². The molecular weight excluding hydrogens is 394 g/mol. The second kappa shape index (κ2) is 10.0. The van der Waals surface area contributed by atoms with Crippen LogP contribution in [0.25, 0.3) is 5.69 Å². The largest absolute Gasteiger partial charge is 0.493 e. The van der Waals surface area contributed by atoms with Gasteiger partial charge in [0.25, 0.3) is 0 Å². The first-order chi connectivity index (χ1) is 15.1. The predicted molar refractivity (Wildman–Crippen MR) is 121 cm³/mol. The molecule has 3 aromatic rings. The maximum atomic E-state index is 9.49. The summed E-state index contributed by atoms with van der Waals surface area (Å²) < 4.78 is 12.1. The smallest absolute Gasteiger partial charge is 0.193 e. The van der Waals surface area contributed by atoms with Gasteiger partial charge in [0.1, 0.15) is 17.5 Å². The molecule has 0 aliphatic rings. The number of guanidine groups is 1. The molecule has 0 saturated carbocycles. The molecule has 1 aromatic heterocycles. The summed E-state index contributed by atoms with van der Waals surface area (Å²) in [5.74, 6) is 1.84. The Kier molecular flexibility index (Phi) is 6.96. The van der Waals surface area contributed by atoms with Crippen molar-refractivity contribution in [2.75, 3.05) is 31.8 Å². The number of aryl methyl sites for hydroxylation is 1. The molecule has 0 atom stereocenters. The second-order valence-electron chi connectivity index (χ2n) is 6.63. The summed E-state index contributed by atoms with van der Waals surface area (Å²) in [5, 5.41) is 17.0. The summed E-state index contributed by atoms with van der Waals surface area (Å²) in [4.78, 5) is 4.34. The Bertz CT molecular complexity index is 1100. The van der Waals surface area contributed by atoms with E-state index in [0.29, 0.717) is 48.0 Å². The van der Waals surface area contributed by atoms with Crippen molar-refractivity contribution in [2.45, 2.75) is 12.8 Å². The van der Waals surface area contributed by atoms with Crippen molar-refractivity contribution in [1.82, 2.24) is 9.78 Å². The number of methoxy groups -OCH3 is 2. The van der Waals surface area contributed by atoms with Crippen LogP contribution in [0.1, 0.15) is 17.7 Å².